The Morgan fingerprint density at radius 3 is 2.67 bits per heavy atom. The van der Waals surface area contributed by atoms with E-state index >= 15 is 0 Å². The van der Waals surface area contributed by atoms with E-state index < -0.39 is 41.5 Å². The number of benzene rings is 1. The van der Waals surface area contributed by atoms with E-state index in [1.54, 1.807) is 0 Å². The van der Waals surface area contributed by atoms with Crippen LogP contribution in [0, 0.1) is 0 Å². The first-order valence-electron chi connectivity index (χ1n) is 10.2. The van der Waals surface area contributed by atoms with Crippen LogP contribution in [0.25, 0.3) is 0 Å². The Balaban J connectivity index is 1.52. The molecule has 0 fully saturated rings. The SMILES string of the molecule is O=C(Cn1nc2n(c1=O)CCCCC2)Nc1ccc(NC(=O)c2ccoc2)cc1C(F)(F)F. The highest BCUT2D eigenvalue weighted by Gasteiger charge is 2.34. The highest BCUT2D eigenvalue weighted by Crippen LogP contribution is 2.36. The number of fused-ring (bicyclic) bond motifs is 1. The van der Waals surface area contributed by atoms with Crippen molar-refractivity contribution in [2.75, 3.05) is 10.6 Å². The third kappa shape index (κ3) is 4.99. The summed E-state index contributed by atoms with van der Waals surface area (Å²) in [6.07, 6.45) is 0.895. The number of nitrogens with zero attached hydrogens (tertiary/aromatic N) is 3. The summed E-state index contributed by atoms with van der Waals surface area (Å²) in [7, 11) is 0. The number of rotatable bonds is 5. The molecule has 12 heteroatoms. The monoisotopic (exact) mass is 463 g/mol. The van der Waals surface area contributed by atoms with Crippen LogP contribution in [0.4, 0.5) is 24.5 Å². The number of anilines is 2. The molecule has 0 atom stereocenters. The predicted octanol–water partition coefficient (Wildman–Crippen LogP) is 3.27. The number of carbonyl (C=O) groups is 2. The molecule has 2 amide bonds. The van der Waals surface area contributed by atoms with E-state index in [4.69, 9.17) is 4.42 Å². The van der Waals surface area contributed by atoms with E-state index in [0.29, 0.717) is 18.8 Å². The molecule has 4 rings (SSSR count). The van der Waals surface area contributed by atoms with Crippen molar-refractivity contribution in [3.05, 3.63) is 64.2 Å². The van der Waals surface area contributed by atoms with Gasteiger partial charge in [-0.05, 0) is 37.1 Å². The number of nitrogens with one attached hydrogen (secondary N) is 2. The summed E-state index contributed by atoms with van der Waals surface area (Å²) in [6.45, 7) is -0.0187. The summed E-state index contributed by atoms with van der Waals surface area (Å²) in [4.78, 5) is 37.0. The number of carbonyl (C=O) groups excluding carboxylic acids is 2. The van der Waals surface area contributed by atoms with Crippen molar-refractivity contribution in [3.8, 4) is 0 Å². The quantitative estimate of drug-likeness (QED) is 0.603. The Labute approximate surface area is 185 Å². The Morgan fingerprint density at radius 2 is 1.94 bits per heavy atom. The van der Waals surface area contributed by atoms with Gasteiger partial charge in [-0.15, -0.1) is 0 Å². The zero-order chi connectivity index (χ0) is 23.6. The first-order chi connectivity index (χ1) is 15.7. The molecule has 1 aliphatic heterocycles. The Kier molecular flexibility index (Phi) is 6.07. The van der Waals surface area contributed by atoms with Crippen LogP contribution >= 0.6 is 0 Å². The van der Waals surface area contributed by atoms with Crippen LogP contribution in [0.3, 0.4) is 0 Å². The van der Waals surface area contributed by atoms with Gasteiger partial charge in [0.1, 0.15) is 18.6 Å². The lowest BCUT2D eigenvalue weighted by atomic mass is 10.1. The Bertz CT molecular complexity index is 1230. The molecule has 0 spiro atoms. The maximum Gasteiger partial charge on any atom is 0.418 e. The van der Waals surface area contributed by atoms with E-state index in [-0.39, 0.29) is 11.3 Å². The topological polar surface area (TPSA) is 111 Å². The van der Waals surface area contributed by atoms with Gasteiger partial charge in [-0.25, -0.2) is 9.48 Å². The first-order valence-corrected chi connectivity index (χ1v) is 10.2. The summed E-state index contributed by atoms with van der Waals surface area (Å²) in [5, 5.41) is 8.71. The first kappa shape index (κ1) is 22.4. The highest BCUT2D eigenvalue weighted by atomic mass is 19.4. The summed E-state index contributed by atoms with van der Waals surface area (Å²) in [5.41, 5.74) is -2.07. The van der Waals surface area contributed by atoms with Gasteiger partial charge in [0.05, 0.1) is 23.1 Å². The normalized spacial score (nSPS) is 13.8. The van der Waals surface area contributed by atoms with Crippen molar-refractivity contribution in [2.24, 2.45) is 0 Å². The zero-order valence-corrected chi connectivity index (χ0v) is 17.3. The fourth-order valence-corrected chi connectivity index (χ4v) is 3.62. The van der Waals surface area contributed by atoms with E-state index in [1.165, 1.54) is 23.0 Å². The average molecular weight is 463 g/mol. The molecule has 2 N–H and O–H groups in total. The number of furan rings is 1. The molecular weight excluding hydrogens is 443 g/mol. The van der Waals surface area contributed by atoms with E-state index in [0.717, 1.165) is 42.3 Å². The standard InChI is InChI=1S/C21H20F3N5O4/c22-21(23,24)15-10-14(25-19(31)13-7-9-33-12-13)5-6-16(15)26-18(30)11-29-20(32)28-8-3-1-2-4-17(28)27-29/h5-7,9-10,12H,1-4,8,11H2,(H,25,31)(H,26,30). The van der Waals surface area contributed by atoms with Gasteiger partial charge >= 0.3 is 11.9 Å². The number of halogens is 3. The molecule has 33 heavy (non-hydrogen) atoms. The Hall–Kier alpha value is -3.83. The van der Waals surface area contributed by atoms with Crippen LogP contribution < -0.4 is 16.3 Å². The van der Waals surface area contributed by atoms with Crippen molar-refractivity contribution >= 4 is 23.2 Å². The zero-order valence-electron chi connectivity index (χ0n) is 17.3. The van der Waals surface area contributed by atoms with Gasteiger partial charge in [0.2, 0.25) is 5.91 Å². The van der Waals surface area contributed by atoms with Gasteiger partial charge in [0, 0.05) is 18.7 Å². The molecule has 0 radical (unpaired) electrons. The predicted molar refractivity (Wildman–Crippen MR) is 111 cm³/mol. The number of aryl methyl sites for hydroxylation is 1. The molecule has 1 aliphatic rings. The Morgan fingerprint density at radius 1 is 1.12 bits per heavy atom. The molecule has 3 aromatic rings. The molecular formula is C21H20F3N5O4. The molecule has 9 nitrogen and oxygen atoms in total. The van der Waals surface area contributed by atoms with Gasteiger partial charge < -0.3 is 15.1 Å². The second kappa shape index (κ2) is 8.96. The fourth-order valence-electron chi connectivity index (χ4n) is 3.62. The molecule has 0 saturated carbocycles. The van der Waals surface area contributed by atoms with Crippen LogP contribution in [-0.2, 0) is 30.5 Å². The maximum atomic E-state index is 13.6. The average Bonchev–Trinajstić information content (AvgIpc) is 3.32. The molecule has 0 unspecified atom stereocenters. The molecule has 0 saturated heterocycles. The molecule has 0 bridgehead atoms. The second-order valence-corrected chi connectivity index (χ2v) is 7.59. The minimum atomic E-state index is -4.80. The lowest BCUT2D eigenvalue weighted by Gasteiger charge is -2.15. The fraction of sp³-hybridized carbons (Fsp3) is 0.333. The summed E-state index contributed by atoms with van der Waals surface area (Å²) < 4.78 is 48.1. The van der Waals surface area contributed by atoms with Crippen molar-refractivity contribution in [3.63, 3.8) is 0 Å². The molecule has 3 heterocycles. The van der Waals surface area contributed by atoms with Gasteiger partial charge in [-0.3, -0.25) is 14.2 Å². The minimum Gasteiger partial charge on any atom is -0.472 e. The van der Waals surface area contributed by atoms with E-state index in [1.807, 2.05) is 0 Å². The van der Waals surface area contributed by atoms with Crippen LogP contribution in [0.15, 0.2) is 46.0 Å². The van der Waals surface area contributed by atoms with Crippen molar-refractivity contribution in [1.82, 2.24) is 14.3 Å². The third-order valence-electron chi connectivity index (χ3n) is 5.22. The van der Waals surface area contributed by atoms with Crippen LogP contribution in [0.5, 0.6) is 0 Å². The van der Waals surface area contributed by atoms with Crippen LogP contribution in [0.2, 0.25) is 0 Å². The van der Waals surface area contributed by atoms with Gasteiger partial charge in [-0.1, -0.05) is 6.42 Å². The number of amides is 2. The van der Waals surface area contributed by atoms with E-state index in [9.17, 15) is 27.6 Å². The number of hydrogen-bond donors (Lipinski definition) is 2. The number of aromatic nitrogens is 3. The molecule has 174 valence electrons. The van der Waals surface area contributed by atoms with Crippen molar-refractivity contribution in [2.45, 2.75) is 44.9 Å². The smallest absolute Gasteiger partial charge is 0.418 e. The maximum absolute atomic E-state index is 13.6. The number of alkyl halides is 3. The summed E-state index contributed by atoms with van der Waals surface area (Å²) >= 11 is 0. The molecule has 2 aromatic heterocycles. The third-order valence-corrected chi connectivity index (χ3v) is 5.22. The lowest BCUT2D eigenvalue weighted by molar-refractivity contribution is -0.136. The van der Waals surface area contributed by atoms with E-state index in [2.05, 4.69) is 15.7 Å². The minimum absolute atomic E-state index is 0.111. The molecule has 0 aliphatic carbocycles. The van der Waals surface area contributed by atoms with Crippen LogP contribution in [0.1, 0.15) is 41.0 Å². The van der Waals surface area contributed by atoms with Crippen LogP contribution in [-0.4, -0.2) is 26.2 Å². The summed E-state index contributed by atoms with van der Waals surface area (Å²) in [6, 6.07) is 4.36. The highest BCUT2D eigenvalue weighted by molar-refractivity contribution is 6.04. The van der Waals surface area contributed by atoms with Gasteiger partial charge in [-0.2, -0.15) is 18.3 Å². The number of hydrogen-bond acceptors (Lipinski definition) is 5. The van der Waals surface area contributed by atoms with Crippen molar-refractivity contribution in [1.29, 1.82) is 0 Å². The second-order valence-electron chi connectivity index (χ2n) is 7.59. The van der Waals surface area contributed by atoms with Crippen molar-refractivity contribution < 1.29 is 27.2 Å². The largest absolute Gasteiger partial charge is 0.472 e. The lowest BCUT2D eigenvalue weighted by Crippen LogP contribution is -2.30. The molecule has 1 aromatic carbocycles. The summed E-state index contributed by atoms with van der Waals surface area (Å²) in [5.74, 6) is -0.905. The van der Waals surface area contributed by atoms with Gasteiger partial charge in [0.15, 0.2) is 0 Å². The van der Waals surface area contributed by atoms with Gasteiger partial charge in [0.25, 0.3) is 5.91 Å².